The van der Waals surface area contributed by atoms with Gasteiger partial charge in [0.05, 0.1) is 52.6 Å². The van der Waals surface area contributed by atoms with Crippen LogP contribution in [-0.4, -0.2) is 60.6 Å². The first kappa shape index (κ1) is 32.8. The molecular weight excluding hydrogens is 690 g/mol. The zero-order valence-corrected chi connectivity index (χ0v) is 29.9. The molecule has 1 amide bonds. The Kier molecular flexibility index (Phi) is 8.07. The summed E-state index contributed by atoms with van der Waals surface area (Å²) in [4.78, 5) is 22.4. The van der Waals surface area contributed by atoms with E-state index < -0.39 is 5.82 Å². The number of halogens is 3. The maximum Gasteiger partial charge on any atom is 0.226 e. The molecule has 1 N–H and O–H groups in total. The van der Waals surface area contributed by atoms with Crippen molar-refractivity contribution in [1.29, 1.82) is 5.26 Å². The third kappa shape index (κ3) is 5.41. The van der Waals surface area contributed by atoms with Gasteiger partial charge in [-0.15, -0.1) is 0 Å². The Morgan fingerprint density at radius 3 is 2.75 bits per heavy atom. The Morgan fingerprint density at radius 2 is 2.04 bits per heavy atom. The van der Waals surface area contributed by atoms with E-state index in [4.69, 9.17) is 32.9 Å². The molecule has 13 heteroatoms. The first-order chi connectivity index (χ1) is 24.7. The van der Waals surface area contributed by atoms with Crippen LogP contribution in [-0.2, 0) is 29.6 Å². The Labute approximate surface area is 304 Å². The third-order valence-corrected chi connectivity index (χ3v) is 12.2. The minimum absolute atomic E-state index is 0.0448. The Balaban J connectivity index is 1.23. The SMILES string of the molecule is Cc1nc2c(F)c(-c3cccc(Cl)c3Cl)c(CCC#N)cc2c2c1cc(C1CC(OCc3cnn(C)n3)CN1C(=O)C1CC1)n2C1C2CNC1C2. The lowest BCUT2D eigenvalue weighted by Crippen LogP contribution is -2.41. The van der Waals surface area contributed by atoms with Crippen LogP contribution in [0.4, 0.5) is 4.39 Å². The highest BCUT2D eigenvalue weighted by atomic mass is 35.5. The van der Waals surface area contributed by atoms with Gasteiger partial charge in [0, 0.05) is 78.2 Å². The van der Waals surface area contributed by atoms with Gasteiger partial charge < -0.3 is 19.5 Å². The lowest BCUT2D eigenvalue weighted by atomic mass is 9.79. The second-order valence-electron chi connectivity index (χ2n) is 14.6. The lowest BCUT2D eigenvalue weighted by molar-refractivity contribution is -0.134. The van der Waals surface area contributed by atoms with Crippen LogP contribution in [0.2, 0.25) is 10.0 Å². The number of hydrogen-bond acceptors (Lipinski definition) is 7. The van der Waals surface area contributed by atoms with E-state index in [-0.39, 0.29) is 53.0 Å². The second kappa shape index (κ2) is 12.6. The fourth-order valence-corrected chi connectivity index (χ4v) is 9.16. The van der Waals surface area contributed by atoms with Crippen molar-refractivity contribution in [2.24, 2.45) is 18.9 Å². The molecule has 0 radical (unpaired) electrons. The topological polar surface area (TPSA) is 114 Å². The van der Waals surface area contributed by atoms with E-state index in [0.29, 0.717) is 64.7 Å². The molecule has 5 fully saturated rings. The molecule has 5 atom stereocenters. The number of carbonyl (C=O) groups excluding carboxylic acids is 1. The predicted octanol–water partition coefficient (Wildman–Crippen LogP) is 7.00. The first-order valence-electron chi connectivity index (χ1n) is 17.7. The van der Waals surface area contributed by atoms with E-state index in [0.717, 1.165) is 48.1 Å². The molecule has 5 unspecified atom stereocenters. The Morgan fingerprint density at radius 1 is 1.20 bits per heavy atom. The molecule has 2 aliphatic carbocycles. The van der Waals surface area contributed by atoms with Gasteiger partial charge in [0.25, 0.3) is 0 Å². The van der Waals surface area contributed by atoms with Crippen LogP contribution in [0, 0.1) is 35.9 Å². The molecule has 2 aromatic carbocycles. The van der Waals surface area contributed by atoms with Crippen LogP contribution in [0.25, 0.3) is 32.9 Å². The molecule has 3 aromatic heterocycles. The van der Waals surface area contributed by atoms with Gasteiger partial charge in [0.1, 0.15) is 11.2 Å². The Bertz CT molecular complexity index is 2260. The van der Waals surface area contributed by atoms with E-state index >= 15 is 4.39 Å². The molecule has 5 aromatic rings. The number of nitrogens with one attached hydrogen (secondary N) is 1. The van der Waals surface area contributed by atoms with E-state index in [2.05, 4.69) is 32.2 Å². The van der Waals surface area contributed by atoms with Crippen molar-refractivity contribution in [2.45, 2.75) is 76.3 Å². The standard InChI is InChI=1S/C38H37Cl2FN8O2/c1-19-26-14-31(30-13-24(17-48(30)38(50)20-8-9-20)51-18-23-16-44-47(2)46-23)49(36-22-12-29(36)43-15-22)37(26)27-11-21(5-4-10-42)32(34(41)35(27)45-19)25-6-3-7-28(39)33(25)40/h3,6-7,11,14,16,20,22,24,29-30,36,43H,4-5,8-9,12-13,15,17-18H2,1-2H3. The molecule has 10 nitrogen and oxygen atoms in total. The number of ether oxygens (including phenoxy) is 1. The number of aryl methyl sites for hydroxylation is 3. The number of nitrogens with zero attached hydrogens (tertiary/aromatic N) is 7. The van der Waals surface area contributed by atoms with Crippen LogP contribution in [0.1, 0.15) is 66.8 Å². The molecule has 0 spiro atoms. The monoisotopic (exact) mass is 726 g/mol. The molecular formula is C38H37Cl2FN8O2. The number of nitriles is 1. The molecule has 262 valence electrons. The van der Waals surface area contributed by atoms with Gasteiger partial charge in [0.15, 0.2) is 5.82 Å². The highest BCUT2D eigenvalue weighted by Crippen LogP contribution is 2.51. The second-order valence-corrected chi connectivity index (χ2v) is 15.3. The normalized spacial score (nSPS) is 24.1. The van der Waals surface area contributed by atoms with E-state index in [1.165, 1.54) is 4.80 Å². The third-order valence-electron chi connectivity index (χ3n) is 11.4. The van der Waals surface area contributed by atoms with Gasteiger partial charge >= 0.3 is 0 Å². The number of fused-ring (bicyclic) bond motifs is 4. The highest BCUT2D eigenvalue weighted by Gasteiger charge is 2.51. The number of rotatable bonds is 9. The number of hydrogen-bond donors (Lipinski definition) is 1. The summed E-state index contributed by atoms with van der Waals surface area (Å²) < 4.78 is 26.0. The van der Waals surface area contributed by atoms with Crippen molar-refractivity contribution in [2.75, 3.05) is 13.1 Å². The number of pyridine rings is 1. The van der Waals surface area contributed by atoms with Gasteiger partial charge in [-0.2, -0.15) is 20.3 Å². The van der Waals surface area contributed by atoms with Crippen molar-refractivity contribution in [1.82, 2.24) is 34.8 Å². The van der Waals surface area contributed by atoms with Gasteiger partial charge in [-0.25, -0.2) is 9.37 Å². The van der Waals surface area contributed by atoms with Crippen molar-refractivity contribution >= 4 is 50.9 Å². The van der Waals surface area contributed by atoms with Gasteiger partial charge in [-0.05, 0) is 62.3 Å². The van der Waals surface area contributed by atoms with Crippen molar-refractivity contribution in [3.63, 3.8) is 0 Å². The molecule has 51 heavy (non-hydrogen) atoms. The summed E-state index contributed by atoms with van der Waals surface area (Å²) in [6.45, 7) is 3.64. The summed E-state index contributed by atoms with van der Waals surface area (Å²) >= 11 is 13.1. The number of likely N-dealkylation sites (tertiary alicyclic amines) is 1. The number of amides is 1. The van der Waals surface area contributed by atoms with E-state index in [9.17, 15) is 10.1 Å². The predicted molar refractivity (Wildman–Crippen MR) is 192 cm³/mol. The zero-order valence-electron chi connectivity index (χ0n) is 28.4. The summed E-state index contributed by atoms with van der Waals surface area (Å²) in [5.41, 5.74) is 5.11. The molecule has 10 rings (SSSR count). The van der Waals surface area contributed by atoms with Gasteiger partial charge in [-0.1, -0.05) is 35.3 Å². The molecule has 2 bridgehead atoms. The van der Waals surface area contributed by atoms with Crippen LogP contribution in [0.15, 0.2) is 36.5 Å². The van der Waals surface area contributed by atoms with E-state index in [1.807, 2.05) is 17.9 Å². The van der Waals surface area contributed by atoms with Crippen LogP contribution < -0.4 is 5.32 Å². The first-order valence-corrected chi connectivity index (χ1v) is 18.5. The minimum Gasteiger partial charge on any atom is -0.370 e. The fraction of sp³-hybridized carbons (Fsp3) is 0.447. The number of carbonyl (C=O) groups is 1. The summed E-state index contributed by atoms with van der Waals surface area (Å²) in [6, 6.07) is 11.8. The average Bonchev–Trinajstić information content (AvgIpc) is 3.55. The highest BCUT2D eigenvalue weighted by molar-refractivity contribution is 6.43. The summed E-state index contributed by atoms with van der Waals surface area (Å²) in [5.74, 6) is 0.147. The van der Waals surface area contributed by atoms with Crippen LogP contribution in [0.5, 0.6) is 0 Å². The molecule has 2 saturated carbocycles. The maximum atomic E-state index is 17.2. The molecule has 3 saturated heterocycles. The largest absolute Gasteiger partial charge is 0.370 e. The van der Waals surface area contributed by atoms with Crippen LogP contribution >= 0.6 is 23.2 Å². The lowest BCUT2D eigenvalue weighted by Gasteiger charge is -2.39. The number of benzene rings is 2. The molecule has 6 heterocycles. The zero-order chi connectivity index (χ0) is 35.1. The maximum absolute atomic E-state index is 17.2. The van der Waals surface area contributed by atoms with Crippen molar-refractivity contribution < 1.29 is 13.9 Å². The fourth-order valence-electron chi connectivity index (χ4n) is 8.76. The molecule has 5 aliphatic rings. The summed E-state index contributed by atoms with van der Waals surface area (Å²) in [6.07, 6.45) is 5.58. The van der Waals surface area contributed by atoms with Gasteiger partial charge in [0.2, 0.25) is 5.91 Å². The quantitative estimate of drug-likeness (QED) is 0.174. The van der Waals surface area contributed by atoms with E-state index in [1.54, 1.807) is 31.4 Å². The average molecular weight is 728 g/mol. The van der Waals surface area contributed by atoms with Crippen LogP contribution in [0.3, 0.4) is 0 Å². The van der Waals surface area contributed by atoms with Gasteiger partial charge in [-0.3, -0.25) is 4.79 Å². The smallest absolute Gasteiger partial charge is 0.226 e. The van der Waals surface area contributed by atoms with Crippen molar-refractivity contribution in [3.8, 4) is 17.2 Å². The summed E-state index contributed by atoms with van der Waals surface area (Å²) in [5, 5.41) is 24.0. The molecule has 3 aliphatic heterocycles. The summed E-state index contributed by atoms with van der Waals surface area (Å²) in [7, 11) is 1.78. The minimum atomic E-state index is -0.484. The van der Waals surface area contributed by atoms with Crippen molar-refractivity contribution in [3.05, 3.63) is 75.0 Å². The number of aromatic nitrogens is 5. The Hall–Kier alpha value is -4.08.